The highest BCUT2D eigenvalue weighted by Gasteiger charge is 2.23. The summed E-state index contributed by atoms with van der Waals surface area (Å²) in [5.74, 6) is -1.45. The Balaban J connectivity index is 1.81. The number of urea groups is 1. The summed E-state index contributed by atoms with van der Waals surface area (Å²) in [5.41, 5.74) is 0.548. The van der Waals surface area contributed by atoms with Crippen LogP contribution in [0.25, 0.3) is 10.2 Å². The molecule has 0 unspecified atom stereocenters. The average Bonchev–Trinajstić information content (AvgIpc) is 3.02. The van der Waals surface area contributed by atoms with Crippen LogP contribution < -0.4 is 10.6 Å². The van der Waals surface area contributed by atoms with Crippen molar-refractivity contribution in [3.8, 4) is 0 Å². The number of hydrogen-bond donors (Lipinski definition) is 2. The fraction of sp³-hybridized carbons (Fsp3) is 0.176. The monoisotopic (exact) mass is 411 g/mol. The Labute approximate surface area is 158 Å². The molecule has 142 valence electrons. The summed E-state index contributed by atoms with van der Waals surface area (Å²) in [4.78, 5) is 16.1. The maximum Gasteiger partial charge on any atom is 0.323 e. The van der Waals surface area contributed by atoms with E-state index in [0.29, 0.717) is 15.9 Å². The fourth-order valence-electron chi connectivity index (χ4n) is 2.18. The minimum atomic E-state index is -3.49. The summed E-state index contributed by atoms with van der Waals surface area (Å²) in [5, 5.41) is 4.11. The van der Waals surface area contributed by atoms with Gasteiger partial charge in [0.25, 0.3) is 0 Å². The summed E-state index contributed by atoms with van der Waals surface area (Å²) < 4.78 is 51.8. The van der Waals surface area contributed by atoms with Crippen molar-refractivity contribution >= 4 is 48.8 Å². The third-order valence-electron chi connectivity index (χ3n) is 3.67. The topological polar surface area (TPSA) is 88.2 Å². The second-order valence-electron chi connectivity index (χ2n) is 5.96. The van der Waals surface area contributed by atoms with E-state index in [4.69, 9.17) is 0 Å². The number of aromatic nitrogens is 1. The zero-order valence-corrected chi connectivity index (χ0v) is 15.9. The van der Waals surface area contributed by atoms with E-state index in [2.05, 4.69) is 15.6 Å². The molecule has 10 heteroatoms. The van der Waals surface area contributed by atoms with Gasteiger partial charge in [0.1, 0.15) is 11.6 Å². The molecule has 0 bridgehead atoms. The number of carbonyl (C=O) groups is 1. The van der Waals surface area contributed by atoms with Gasteiger partial charge in [-0.2, -0.15) is 0 Å². The Bertz CT molecular complexity index is 1130. The minimum absolute atomic E-state index is 0.0101. The van der Waals surface area contributed by atoms with Gasteiger partial charge in [-0.3, -0.25) is 0 Å². The number of anilines is 2. The van der Waals surface area contributed by atoms with Crippen molar-refractivity contribution in [1.82, 2.24) is 4.98 Å². The number of nitrogens with one attached hydrogen (secondary N) is 2. The van der Waals surface area contributed by atoms with Crippen LogP contribution in [-0.4, -0.2) is 24.7 Å². The highest BCUT2D eigenvalue weighted by molar-refractivity contribution is 7.94. The molecular weight excluding hydrogens is 396 g/mol. The standard InChI is InChI=1S/C17H15F2N3O3S2/c1-9(2)27(24,25)17-22-13-6-4-11(8-15(13)26-17)20-16(23)21-14-7-10(18)3-5-12(14)19/h3-9H,1-2H3,(H2,20,21,23). The third kappa shape index (κ3) is 4.06. The van der Waals surface area contributed by atoms with E-state index in [1.807, 2.05) is 0 Å². The van der Waals surface area contributed by atoms with Crippen LogP contribution in [0.1, 0.15) is 13.8 Å². The van der Waals surface area contributed by atoms with Crippen molar-refractivity contribution in [2.75, 3.05) is 10.6 Å². The Morgan fingerprint density at radius 3 is 2.56 bits per heavy atom. The van der Waals surface area contributed by atoms with Crippen LogP contribution in [-0.2, 0) is 9.84 Å². The lowest BCUT2D eigenvalue weighted by Crippen LogP contribution is -2.20. The van der Waals surface area contributed by atoms with E-state index < -0.39 is 32.8 Å². The molecule has 0 aliphatic heterocycles. The first-order valence-electron chi connectivity index (χ1n) is 7.84. The Hall–Kier alpha value is -2.59. The lowest BCUT2D eigenvalue weighted by atomic mass is 10.3. The Kier molecular flexibility index (Phi) is 5.11. The highest BCUT2D eigenvalue weighted by Crippen LogP contribution is 2.30. The van der Waals surface area contributed by atoms with Gasteiger partial charge in [0, 0.05) is 11.8 Å². The number of halogens is 2. The second kappa shape index (κ2) is 7.20. The van der Waals surface area contributed by atoms with Gasteiger partial charge in [-0.05, 0) is 44.2 Å². The highest BCUT2D eigenvalue weighted by atomic mass is 32.2. The molecule has 0 atom stereocenters. The summed E-state index contributed by atoms with van der Waals surface area (Å²) in [6.07, 6.45) is 0. The first-order chi connectivity index (χ1) is 12.7. The Morgan fingerprint density at radius 2 is 1.85 bits per heavy atom. The van der Waals surface area contributed by atoms with E-state index in [0.717, 1.165) is 29.5 Å². The fourth-order valence-corrected chi connectivity index (χ4v) is 4.86. The van der Waals surface area contributed by atoms with Crippen LogP contribution >= 0.6 is 11.3 Å². The molecule has 0 fully saturated rings. The maximum absolute atomic E-state index is 13.6. The molecule has 0 radical (unpaired) electrons. The predicted octanol–water partition coefficient (Wildman–Crippen LogP) is 4.40. The van der Waals surface area contributed by atoms with Gasteiger partial charge in [-0.25, -0.2) is 27.0 Å². The smallest absolute Gasteiger partial charge is 0.308 e. The molecular formula is C17H15F2N3O3S2. The third-order valence-corrected chi connectivity index (χ3v) is 7.25. The molecule has 2 N–H and O–H groups in total. The summed E-state index contributed by atoms with van der Waals surface area (Å²) in [7, 11) is -3.49. The number of rotatable bonds is 4. The number of nitrogens with zero attached hydrogens (tertiary/aromatic N) is 1. The zero-order valence-electron chi connectivity index (χ0n) is 14.3. The van der Waals surface area contributed by atoms with Crippen molar-refractivity contribution in [2.45, 2.75) is 23.4 Å². The number of carbonyl (C=O) groups excluding carboxylic acids is 1. The largest absolute Gasteiger partial charge is 0.323 e. The maximum atomic E-state index is 13.6. The van der Waals surface area contributed by atoms with E-state index in [1.54, 1.807) is 26.0 Å². The lowest BCUT2D eigenvalue weighted by Gasteiger charge is -2.08. The van der Waals surface area contributed by atoms with Crippen LogP contribution in [0.5, 0.6) is 0 Å². The van der Waals surface area contributed by atoms with Gasteiger partial charge in [-0.15, -0.1) is 11.3 Å². The summed E-state index contributed by atoms with van der Waals surface area (Å²) in [6.45, 7) is 3.15. The molecule has 3 rings (SSSR count). The van der Waals surface area contributed by atoms with E-state index in [9.17, 15) is 22.0 Å². The molecule has 27 heavy (non-hydrogen) atoms. The molecule has 0 spiro atoms. The number of fused-ring (bicyclic) bond motifs is 1. The second-order valence-corrected chi connectivity index (χ2v) is 9.67. The van der Waals surface area contributed by atoms with Crippen LogP contribution in [0, 0.1) is 11.6 Å². The summed E-state index contributed by atoms with van der Waals surface area (Å²) >= 11 is 1.00. The number of hydrogen-bond acceptors (Lipinski definition) is 5. The van der Waals surface area contributed by atoms with Gasteiger partial charge in [-0.1, -0.05) is 0 Å². The van der Waals surface area contributed by atoms with Crippen molar-refractivity contribution in [3.63, 3.8) is 0 Å². The van der Waals surface area contributed by atoms with E-state index in [-0.39, 0.29) is 10.0 Å². The molecule has 1 aromatic heterocycles. The van der Waals surface area contributed by atoms with E-state index >= 15 is 0 Å². The first-order valence-corrected chi connectivity index (χ1v) is 10.2. The van der Waals surface area contributed by atoms with Gasteiger partial charge < -0.3 is 10.6 Å². The lowest BCUT2D eigenvalue weighted by molar-refractivity contribution is 0.262. The van der Waals surface area contributed by atoms with Crippen molar-refractivity contribution in [2.24, 2.45) is 0 Å². The van der Waals surface area contributed by atoms with Gasteiger partial charge >= 0.3 is 6.03 Å². The zero-order chi connectivity index (χ0) is 19.8. The quantitative estimate of drug-likeness (QED) is 0.666. The molecule has 3 aromatic rings. The molecule has 0 saturated carbocycles. The van der Waals surface area contributed by atoms with Gasteiger partial charge in [0.05, 0.1) is 21.2 Å². The number of sulfone groups is 1. The van der Waals surface area contributed by atoms with Gasteiger partial charge in [0.2, 0.25) is 14.2 Å². The van der Waals surface area contributed by atoms with Gasteiger partial charge in [0.15, 0.2) is 0 Å². The molecule has 1 heterocycles. The predicted molar refractivity (Wildman–Crippen MR) is 101 cm³/mol. The van der Waals surface area contributed by atoms with E-state index in [1.165, 1.54) is 6.07 Å². The average molecular weight is 411 g/mol. The van der Waals surface area contributed by atoms with Crippen LogP contribution in [0.3, 0.4) is 0 Å². The van der Waals surface area contributed by atoms with Crippen LogP contribution in [0.15, 0.2) is 40.7 Å². The Morgan fingerprint density at radius 1 is 1.11 bits per heavy atom. The molecule has 0 aliphatic rings. The van der Waals surface area contributed by atoms with Crippen LogP contribution in [0.2, 0.25) is 0 Å². The molecule has 6 nitrogen and oxygen atoms in total. The van der Waals surface area contributed by atoms with Crippen LogP contribution in [0.4, 0.5) is 25.0 Å². The molecule has 0 saturated heterocycles. The number of benzene rings is 2. The van der Waals surface area contributed by atoms with Crippen molar-refractivity contribution in [3.05, 3.63) is 48.0 Å². The normalized spacial score (nSPS) is 11.7. The van der Waals surface area contributed by atoms with Crippen molar-refractivity contribution < 1.29 is 22.0 Å². The molecule has 0 aliphatic carbocycles. The summed E-state index contributed by atoms with van der Waals surface area (Å²) in [6, 6.07) is 6.62. The molecule has 2 aromatic carbocycles. The number of thiazole rings is 1. The molecule has 2 amide bonds. The number of amides is 2. The SMILES string of the molecule is CC(C)S(=O)(=O)c1nc2ccc(NC(=O)Nc3cc(F)ccc3F)cc2s1. The first kappa shape index (κ1) is 19.2. The minimum Gasteiger partial charge on any atom is -0.308 e. The van der Waals surface area contributed by atoms with Crippen molar-refractivity contribution in [1.29, 1.82) is 0 Å².